The fourth-order valence-electron chi connectivity index (χ4n) is 1.55. The second-order valence-corrected chi connectivity index (χ2v) is 3.27. The summed E-state index contributed by atoms with van der Waals surface area (Å²) in [7, 11) is 0. The molecular weight excluding hydrogens is 168 g/mol. The summed E-state index contributed by atoms with van der Waals surface area (Å²) >= 11 is 0. The molecule has 0 spiro atoms. The van der Waals surface area contributed by atoms with Gasteiger partial charge in [-0.25, -0.2) is 4.68 Å². The molecule has 4 nitrogen and oxygen atoms in total. The van der Waals surface area contributed by atoms with Gasteiger partial charge in [0.25, 0.3) is 0 Å². The van der Waals surface area contributed by atoms with Crippen LogP contribution in [0, 0.1) is 0 Å². The van der Waals surface area contributed by atoms with Gasteiger partial charge in [0.1, 0.15) is 6.23 Å². The van der Waals surface area contributed by atoms with E-state index in [-0.39, 0.29) is 12.8 Å². The van der Waals surface area contributed by atoms with Crippen LogP contribution in [0.4, 0.5) is 0 Å². The van der Waals surface area contributed by atoms with Crippen molar-refractivity contribution in [3.05, 3.63) is 18.0 Å². The Labute approximate surface area is 77.1 Å². The van der Waals surface area contributed by atoms with Crippen molar-refractivity contribution in [3.63, 3.8) is 0 Å². The maximum Gasteiger partial charge on any atom is 0.150 e. The van der Waals surface area contributed by atoms with Crippen molar-refractivity contribution < 1.29 is 9.84 Å². The van der Waals surface area contributed by atoms with Crippen molar-refractivity contribution in [2.24, 2.45) is 0 Å². The Kier molecular flexibility index (Phi) is 2.61. The largest absolute Gasteiger partial charge is 0.390 e. The first-order chi connectivity index (χ1) is 6.40. The van der Waals surface area contributed by atoms with E-state index in [1.807, 2.05) is 12.3 Å². The lowest BCUT2D eigenvalue weighted by Crippen LogP contribution is -2.18. The van der Waals surface area contributed by atoms with Gasteiger partial charge in [-0.05, 0) is 25.3 Å². The number of hydrogen-bond donors (Lipinski definition) is 1. The van der Waals surface area contributed by atoms with Crippen molar-refractivity contribution in [2.75, 3.05) is 6.61 Å². The van der Waals surface area contributed by atoms with Gasteiger partial charge in [0.05, 0.1) is 12.3 Å². The Balaban J connectivity index is 2.05. The van der Waals surface area contributed by atoms with Crippen molar-refractivity contribution in [1.82, 2.24) is 9.78 Å². The predicted octanol–water partition coefficient (Wildman–Crippen LogP) is 1.07. The third-order valence-electron chi connectivity index (χ3n) is 2.28. The van der Waals surface area contributed by atoms with E-state index >= 15 is 0 Å². The molecule has 0 radical (unpaired) electrons. The predicted molar refractivity (Wildman–Crippen MR) is 47.0 cm³/mol. The molecule has 0 aromatic carbocycles. The number of hydrogen-bond acceptors (Lipinski definition) is 3. The first-order valence-corrected chi connectivity index (χ1v) is 4.66. The second kappa shape index (κ2) is 3.89. The number of ether oxygens (including phenoxy) is 1. The highest BCUT2D eigenvalue weighted by atomic mass is 16.5. The Morgan fingerprint density at radius 3 is 3.15 bits per heavy atom. The number of aliphatic hydroxyl groups excluding tert-OH is 1. The molecule has 2 heterocycles. The molecule has 1 aliphatic rings. The van der Waals surface area contributed by atoms with Crippen LogP contribution in [0.25, 0.3) is 0 Å². The Bertz CT molecular complexity index is 266. The minimum absolute atomic E-state index is 0.000278. The summed E-state index contributed by atoms with van der Waals surface area (Å²) in [6.07, 6.45) is 5.30. The minimum Gasteiger partial charge on any atom is -0.390 e. The van der Waals surface area contributed by atoms with Crippen molar-refractivity contribution in [1.29, 1.82) is 0 Å². The molecule has 0 saturated carbocycles. The highest BCUT2D eigenvalue weighted by Crippen LogP contribution is 2.21. The summed E-state index contributed by atoms with van der Waals surface area (Å²) in [6.45, 7) is 0.818. The van der Waals surface area contributed by atoms with Gasteiger partial charge in [0.15, 0.2) is 0 Å². The van der Waals surface area contributed by atoms with Crippen LogP contribution in [-0.4, -0.2) is 21.5 Å². The summed E-state index contributed by atoms with van der Waals surface area (Å²) in [6, 6.07) is 1.82. The van der Waals surface area contributed by atoms with E-state index in [4.69, 9.17) is 9.84 Å². The lowest BCUT2D eigenvalue weighted by molar-refractivity contribution is -0.0398. The maximum atomic E-state index is 8.83. The van der Waals surface area contributed by atoms with Crippen LogP contribution in [-0.2, 0) is 11.3 Å². The van der Waals surface area contributed by atoms with Gasteiger partial charge in [-0.1, -0.05) is 0 Å². The Morgan fingerprint density at radius 1 is 1.62 bits per heavy atom. The fourth-order valence-corrected chi connectivity index (χ4v) is 1.55. The van der Waals surface area contributed by atoms with Crippen LogP contribution >= 0.6 is 0 Å². The van der Waals surface area contributed by atoms with Crippen LogP contribution in [0.3, 0.4) is 0 Å². The van der Waals surface area contributed by atoms with Gasteiger partial charge >= 0.3 is 0 Å². The first-order valence-electron chi connectivity index (χ1n) is 4.66. The summed E-state index contributed by atoms with van der Waals surface area (Å²) < 4.78 is 7.34. The number of rotatable bonds is 2. The van der Waals surface area contributed by atoms with Gasteiger partial charge < -0.3 is 9.84 Å². The van der Waals surface area contributed by atoms with Crippen LogP contribution in [0.15, 0.2) is 12.3 Å². The molecule has 0 bridgehead atoms. The van der Waals surface area contributed by atoms with Gasteiger partial charge in [0.2, 0.25) is 0 Å². The molecule has 0 aliphatic carbocycles. The van der Waals surface area contributed by atoms with Crippen LogP contribution in [0.2, 0.25) is 0 Å². The minimum atomic E-state index is -0.000278. The Morgan fingerprint density at radius 2 is 2.54 bits per heavy atom. The monoisotopic (exact) mass is 182 g/mol. The standard InChI is InChI=1S/C9H14N2O2/c12-7-8-4-5-11(10-8)9-3-1-2-6-13-9/h4-5,9,12H,1-3,6-7H2/t9-/m1/s1. The zero-order valence-electron chi connectivity index (χ0n) is 7.52. The third kappa shape index (κ3) is 1.89. The normalized spacial score (nSPS) is 23.3. The lowest BCUT2D eigenvalue weighted by Gasteiger charge is -2.22. The maximum absolute atomic E-state index is 8.83. The zero-order chi connectivity index (χ0) is 9.10. The van der Waals surface area contributed by atoms with Gasteiger partial charge in [-0.15, -0.1) is 0 Å². The van der Waals surface area contributed by atoms with Crippen LogP contribution < -0.4 is 0 Å². The highest BCUT2D eigenvalue weighted by Gasteiger charge is 2.15. The van der Waals surface area contributed by atoms with Crippen LogP contribution in [0.5, 0.6) is 0 Å². The topological polar surface area (TPSA) is 47.3 Å². The molecule has 0 amide bonds. The summed E-state index contributed by atoms with van der Waals surface area (Å²) in [5.41, 5.74) is 0.703. The fraction of sp³-hybridized carbons (Fsp3) is 0.667. The third-order valence-corrected chi connectivity index (χ3v) is 2.28. The van der Waals surface area contributed by atoms with E-state index in [1.54, 1.807) is 4.68 Å². The average Bonchev–Trinajstić information content (AvgIpc) is 2.67. The lowest BCUT2D eigenvalue weighted by atomic mass is 10.2. The molecule has 1 aromatic heterocycles. The molecule has 2 rings (SSSR count). The molecule has 1 N–H and O–H groups in total. The SMILES string of the molecule is OCc1ccn([C@H]2CCCCO2)n1. The highest BCUT2D eigenvalue weighted by molar-refractivity contribution is 4.97. The molecule has 1 aliphatic heterocycles. The molecule has 0 unspecified atom stereocenters. The van der Waals surface area contributed by atoms with E-state index in [0.29, 0.717) is 5.69 Å². The zero-order valence-corrected chi connectivity index (χ0v) is 7.52. The first kappa shape index (κ1) is 8.72. The number of nitrogens with zero attached hydrogens (tertiary/aromatic N) is 2. The molecule has 72 valence electrons. The van der Waals surface area contributed by atoms with Gasteiger partial charge in [-0.3, -0.25) is 0 Å². The van der Waals surface area contributed by atoms with Gasteiger partial charge in [-0.2, -0.15) is 5.10 Å². The van der Waals surface area contributed by atoms with Crippen molar-refractivity contribution in [2.45, 2.75) is 32.1 Å². The van der Waals surface area contributed by atoms with E-state index in [0.717, 1.165) is 19.4 Å². The van der Waals surface area contributed by atoms with Crippen molar-refractivity contribution >= 4 is 0 Å². The van der Waals surface area contributed by atoms with Crippen LogP contribution in [0.1, 0.15) is 31.2 Å². The van der Waals surface area contributed by atoms with E-state index in [9.17, 15) is 0 Å². The molecule has 1 atom stereocenters. The van der Waals surface area contributed by atoms with E-state index in [1.165, 1.54) is 6.42 Å². The average molecular weight is 182 g/mol. The van der Waals surface area contributed by atoms with E-state index in [2.05, 4.69) is 5.10 Å². The number of aliphatic hydroxyl groups is 1. The summed E-state index contributed by atoms with van der Waals surface area (Å²) in [5, 5.41) is 13.0. The number of aromatic nitrogens is 2. The molecule has 4 heteroatoms. The molecule has 1 aromatic rings. The van der Waals surface area contributed by atoms with E-state index < -0.39 is 0 Å². The molecule has 1 saturated heterocycles. The van der Waals surface area contributed by atoms with Gasteiger partial charge in [0, 0.05) is 12.8 Å². The quantitative estimate of drug-likeness (QED) is 0.744. The summed E-state index contributed by atoms with van der Waals surface area (Å²) in [4.78, 5) is 0. The smallest absolute Gasteiger partial charge is 0.150 e. The second-order valence-electron chi connectivity index (χ2n) is 3.27. The Hall–Kier alpha value is -0.870. The molecule has 1 fully saturated rings. The molecular formula is C9H14N2O2. The summed E-state index contributed by atoms with van der Waals surface area (Å²) in [5.74, 6) is 0. The van der Waals surface area contributed by atoms with Crippen molar-refractivity contribution in [3.8, 4) is 0 Å². The molecule has 13 heavy (non-hydrogen) atoms.